The van der Waals surface area contributed by atoms with Crippen LogP contribution in [0.4, 0.5) is 0 Å². The van der Waals surface area contributed by atoms with Crippen LogP contribution in [0, 0.1) is 0 Å². The van der Waals surface area contributed by atoms with Crippen LogP contribution < -0.4 is 0 Å². The van der Waals surface area contributed by atoms with E-state index in [-0.39, 0.29) is 0 Å². The summed E-state index contributed by atoms with van der Waals surface area (Å²) < 4.78 is 4.78. The van der Waals surface area contributed by atoms with E-state index in [2.05, 4.69) is 170 Å². The number of hydrogen-bond acceptors (Lipinski definition) is 3. The van der Waals surface area contributed by atoms with Gasteiger partial charge in [0, 0.05) is 86.2 Å². The molecule has 0 amide bonds. The first kappa shape index (κ1) is 31.9. The number of pyridine rings is 3. The highest BCUT2D eigenvalue weighted by Crippen LogP contribution is 2.39. The molecule has 5 heterocycles. The van der Waals surface area contributed by atoms with Gasteiger partial charge in [0.05, 0.1) is 27.8 Å². The van der Waals surface area contributed by atoms with Gasteiger partial charge in [0.15, 0.2) is 0 Å². The fourth-order valence-corrected chi connectivity index (χ4v) is 8.38. The highest BCUT2D eigenvalue weighted by Gasteiger charge is 2.18. The maximum atomic E-state index is 4.65. The number of nitrogens with zero attached hydrogens (tertiary/aromatic N) is 5. The molecule has 0 aliphatic carbocycles. The van der Waals surface area contributed by atoms with Gasteiger partial charge in [-0.15, -0.1) is 0 Å². The minimum Gasteiger partial charge on any atom is -0.309 e. The number of fused-ring (bicyclic) bond motifs is 6. The van der Waals surface area contributed by atoms with Crippen molar-refractivity contribution in [3.8, 4) is 56.0 Å². The Balaban J connectivity index is 1.05. The van der Waals surface area contributed by atoms with Gasteiger partial charge in [-0.2, -0.15) is 0 Å². The first-order valence-electron chi connectivity index (χ1n) is 18.8. The summed E-state index contributed by atoms with van der Waals surface area (Å²) in [5.74, 6) is 0. The summed E-state index contributed by atoms with van der Waals surface area (Å²) in [7, 11) is 0. The van der Waals surface area contributed by atoms with E-state index in [1.807, 2.05) is 55.2 Å². The average Bonchev–Trinajstić information content (AvgIpc) is 3.79. The van der Waals surface area contributed by atoms with E-state index in [1.165, 1.54) is 27.1 Å². The molecule has 0 saturated carbocycles. The Kier molecular flexibility index (Phi) is 7.42. The summed E-state index contributed by atoms with van der Waals surface area (Å²) in [5, 5.41) is 4.81. The van der Waals surface area contributed by atoms with Gasteiger partial charge < -0.3 is 9.13 Å². The average molecular weight is 716 g/mol. The van der Waals surface area contributed by atoms with Crippen LogP contribution in [-0.4, -0.2) is 24.1 Å². The van der Waals surface area contributed by atoms with Gasteiger partial charge in [-0.1, -0.05) is 91.0 Å². The molecule has 5 nitrogen and oxygen atoms in total. The molecule has 0 aliphatic heterocycles. The second-order valence-electron chi connectivity index (χ2n) is 14.2. The second kappa shape index (κ2) is 13.0. The third-order valence-corrected chi connectivity index (χ3v) is 10.9. The zero-order chi connectivity index (χ0) is 37.0. The quantitative estimate of drug-likeness (QED) is 0.172. The molecule has 0 atom stereocenters. The van der Waals surface area contributed by atoms with Crippen molar-refractivity contribution in [3.63, 3.8) is 0 Å². The summed E-state index contributed by atoms with van der Waals surface area (Å²) in [6.45, 7) is 0. The molecule has 56 heavy (non-hydrogen) atoms. The normalized spacial score (nSPS) is 11.6. The van der Waals surface area contributed by atoms with Crippen molar-refractivity contribution in [1.82, 2.24) is 24.1 Å². The molecule has 0 bridgehead atoms. The molecule has 11 aromatic rings. The lowest BCUT2D eigenvalue weighted by atomic mass is 9.98. The van der Waals surface area contributed by atoms with Gasteiger partial charge in [-0.3, -0.25) is 15.0 Å². The predicted molar refractivity (Wildman–Crippen MR) is 230 cm³/mol. The van der Waals surface area contributed by atoms with Crippen LogP contribution in [0.1, 0.15) is 0 Å². The fraction of sp³-hybridized carbons (Fsp3) is 0. The van der Waals surface area contributed by atoms with E-state index in [9.17, 15) is 0 Å². The highest BCUT2D eigenvalue weighted by molar-refractivity contribution is 6.12. The van der Waals surface area contributed by atoms with Crippen LogP contribution in [0.25, 0.3) is 99.6 Å². The number of benzene rings is 6. The van der Waals surface area contributed by atoms with Gasteiger partial charge in [-0.05, 0) is 95.6 Å². The maximum absolute atomic E-state index is 4.65. The predicted octanol–water partition coefficient (Wildman–Crippen LogP) is 12.7. The maximum Gasteiger partial charge on any atom is 0.0709 e. The topological polar surface area (TPSA) is 48.5 Å². The molecule has 0 radical (unpaired) electrons. The Morgan fingerprint density at radius 1 is 0.321 bits per heavy atom. The largest absolute Gasteiger partial charge is 0.309 e. The van der Waals surface area contributed by atoms with E-state index in [0.717, 1.165) is 72.6 Å². The monoisotopic (exact) mass is 715 g/mol. The van der Waals surface area contributed by atoms with Crippen molar-refractivity contribution >= 4 is 43.6 Å². The van der Waals surface area contributed by atoms with Gasteiger partial charge in [0.25, 0.3) is 0 Å². The Labute approximate surface area is 323 Å². The summed E-state index contributed by atoms with van der Waals surface area (Å²) in [6, 6.07) is 60.6. The first-order valence-corrected chi connectivity index (χ1v) is 18.8. The Hall–Kier alpha value is -7.63. The molecule has 0 spiro atoms. The third-order valence-electron chi connectivity index (χ3n) is 10.9. The lowest BCUT2D eigenvalue weighted by Crippen LogP contribution is -1.98. The Bertz CT molecular complexity index is 3250. The van der Waals surface area contributed by atoms with Gasteiger partial charge in [0.2, 0.25) is 0 Å². The van der Waals surface area contributed by atoms with Crippen LogP contribution in [0.5, 0.6) is 0 Å². The van der Waals surface area contributed by atoms with Crippen molar-refractivity contribution in [2.75, 3.05) is 0 Å². The van der Waals surface area contributed by atoms with Crippen LogP contribution >= 0.6 is 0 Å². The lowest BCUT2D eigenvalue weighted by molar-refractivity contribution is 1.13. The van der Waals surface area contributed by atoms with E-state index in [4.69, 9.17) is 0 Å². The van der Waals surface area contributed by atoms with E-state index in [0.29, 0.717) is 0 Å². The van der Waals surface area contributed by atoms with Crippen LogP contribution in [0.15, 0.2) is 201 Å². The van der Waals surface area contributed by atoms with Crippen molar-refractivity contribution in [1.29, 1.82) is 0 Å². The van der Waals surface area contributed by atoms with Crippen LogP contribution in [0.2, 0.25) is 0 Å². The van der Waals surface area contributed by atoms with Crippen molar-refractivity contribution < 1.29 is 0 Å². The Morgan fingerprint density at radius 2 is 0.929 bits per heavy atom. The molecule has 6 aromatic carbocycles. The van der Waals surface area contributed by atoms with Crippen molar-refractivity contribution in [2.24, 2.45) is 0 Å². The molecule has 5 aromatic heterocycles. The molecule has 0 saturated heterocycles. The minimum atomic E-state index is 0.930. The Morgan fingerprint density at radius 3 is 1.62 bits per heavy atom. The summed E-state index contributed by atoms with van der Waals surface area (Å²) in [6.07, 6.45) is 9.52. The SMILES string of the molecule is c1ccc(-c2cncc(-c3ccc4c(c3)c3ccccc3n4-c3cccc(-n4c5ccccc5c5cc(-c6cnccc6-c6ccccn6)ccc54)c3)c2)cc1. The molecule has 0 N–H and O–H groups in total. The van der Waals surface area contributed by atoms with E-state index < -0.39 is 0 Å². The van der Waals surface area contributed by atoms with Crippen LogP contribution in [0.3, 0.4) is 0 Å². The molecule has 0 unspecified atom stereocenters. The van der Waals surface area contributed by atoms with Gasteiger partial charge in [0.1, 0.15) is 0 Å². The third kappa shape index (κ3) is 5.21. The van der Waals surface area contributed by atoms with Gasteiger partial charge >= 0.3 is 0 Å². The molecule has 11 rings (SSSR count). The smallest absolute Gasteiger partial charge is 0.0709 e. The standard InChI is InChI=1S/C51H33N5/c1-2-11-34(12-3-1)37-27-38(32-53-31-37)35-20-22-50-44(28-35)42-15-4-6-18-48(42)55(50)39-13-10-14-40(30-39)56-49-19-7-5-16-43(49)45-29-36(21-23-51(45)56)46-33-52-26-24-41(46)47-17-8-9-25-54-47/h1-33H. The second-order valence-corrected chi connectivity index (χ2v) is 14.2. The summed E-state index contributed by atoms with van der Waals surface area (Å²) in [4.78, 5) is 13.8. The van der Waals surface area contributed by atoms with Gasteiger partial charge in [-0.25, -0.2) is 0 Å². The first-order chi connectivity index (χ1) is 27.8. The van der Waals surface area contributed by atoms with Crippen molar-refractivity contribution in [3.05, 3.63) is 201 Å². The lowest BCUT2D eigenvalue weighted by Gasteiger charge is -2.13. The highest BCUT2D eigenvalue weighted by atomic mass is 15.0. The molecular weight excluding hydrogens is 683 g/mol. The number of rotatable bonds is 6. The van der Waals surface area contributed by atoms with Crippen LogP contribution in [-0.2, 0) is 0 Å². The molecule has 0 aliphatic rings. The molecular formula is C51H33N5. The molecule has 0 fully saturated rings. The fourth-order valence-electron chi connectivity index (χ4n) is 8.38. The number of aromatic nitrogens is 5. The summed E-state index contributed by atoms with van der Waals surface area (Å²) >= 11 is 0. The minimum absolute atomic E-state index is 0.930. The molecule has 5 heteroatoms. The molecule has 262 valence electrons. The van der Waals surface area contributed by atoms with E-state index in [1.54, 1.807) is 0 Å². The number of hydrogen-bond donors (Lipinski definition) is 0. The zero-order valence-corrected chi connectivity index (χ0v) is 30.3. The van der Waals surface area contributed by atoms with E-state index >= 15 is 0 Å². The summed E-state index contributed by atoms with van der Waals surface area (Å²) in [5.41, 5.74) is 15.5. The number of para-hydroxylation sites is 2. The van der Waals surface area contributed by atoms with Crippen molar-refractivity contribution in [2.45, 2.75) is 0 Å². The zero-order valence-electron chi connectivity index (χ0n) is 30.3.